The first-order valence-corrected chi connectivity index (χ1v) is 10.8. The molecule has 8 nitrogen and oxygen atoms in total. The second-order valence-electron chi connectivity index (χ2n) is 8.42. The molecule has 1 aromatic rings. The zero-order valence-corrected chi connectivity index (χ0v) is 18.8. The molecule has 1 amide bonds. The number of aryl methyl sites for hydroxylation is 1. The summed E-state index contributed by atoms with van der Waals surface area (Å²) in [6.45, 7) is 9.08. The number of aliphatic imine (C=N–C) groups is 1. The Balaban J connectivity index is 1.69. The molecule has 164 valence electrons. The smallest absolute Gasteiger partial charge is 0.220 e. The number of nitrogens with two attached hydrogens (primary N) is 1. The van der Waals surface area contributed by atoms with Crippen LogP contribution in [-0.2, 0) is 18.4 Å². The number of hydrogen-bond acceptors (Lipinski definition) is 4. The fourth-order valence-electron chi connectivity index (χ4n) is 3.98. The summed E-state index contributed by atoms with van der Waals surface area (Å²) < 4.78 is 1.89. The zero-order valence-electron chi connectivity index (χ0n) is 18.8. The van der Waals surface area contributed by atoms with E-state index in [1.165, 1.54) is 5.56 Å². The number of piperidine rings is 1. The molecule has 8 heteroatoms. The van der Waals surface area contributed by atoms with Gasteiger partial charge in [-0.15, -0.1) is 0 Å². The Morgan fingerprint density at radius 3 is 2.66 bits per heavy atom. The molecule has 0 atom stereocenters. The van der Waals surface area contributed by atoms with E-state index in [1.54, 1.807) is 0 Å². The van der Waals surface area contributed by atoms with Crippen LogP contribution in [-0.4, -0.2) is 71.7 Å². The molecule has 0 spiro atoms. The number of hydrogen-bond donors (Lipinski definition) is 2. The van der Waals surface area contributed by atoms with Gasteiger partial charge in [0.05, 0.1) is 5.69 Å². The Bertz CT molecular complexity index is 675. The summed E-state index contributed by atoms with van der Waals surface area (Å²) in [7, 11) is 5.86. The van der Waals surface area contributed by atoms with Crippen molar-refractivity contribution >= 4 is 11.9 Å². The van der Waals surface area contributed by atoms with E-state index in [0.29, 0.717) is 5.92 Å². The number of nitrogens with one attached hydrogen (secondary N) is 1. The van der Waals surface area contributed by atoms with E-state index in [2.05, 4.69) is 52.3 Å². The van der Waals surface area contributed by atoms with Crippen LogP contribution in [0.4, 0.5) is 0 Å². The Kier molecular flexibility index (Phi) is 8.95. The third-order valence-corrected chi connectivity index (χ3v) is 5.64. The predicted octanol–water partition coefficient (Wildman–Crippen LogP) is 1.53. The number of nitrogens with zero attached hydrogens (tertiary/aromatic N) is 5. The van der Waals surface area contributed by atoms with Crippen molar-refractivity contribution in [2.75, 3.05) is 40.3 Å². The Morgan fingerprint density at radius 1 is 1.38 bits per heavy atom. The molecule has 2 heterocycles. The van der Waals surface area contributed by atoms with Crippen LogP contribution in [0.2, 0.25) is 0 Å². The van der Waals surface area contributed by atoms with Crippen molar-refractivity contribution in [2.45, 2.75) is 52.0 Å². The molecule has 1 fully saturated rings. The minimum Gasteiger partial charge on any atom is -0.369 e. The largest absolute Gasteiger partial charge is 0.369 e. The van der Waals surface area contributed by atoms with Gasteiger partial charge >= 0.3 is 0 Å². The first-order chi connectivity index (χ1) is 13.8. The van der Waals surface area contributed by atoms with Crippen LogP contribution in [0.1, 0.15) is 56.7 Å². The van der Waals surface area contributed by atoms with Crippen LogP contribution < -0.4 is 11.1 Å². The van der Waals surface area contributed by atoms with Crippen molar-refractivity contribution in [3.63, 3.8) is 0 Å². The number of carbonyl (C=O) groups excluding carboxylic acids is 1. The van der Waals surface area contributed by atoms with Crippen LogP contribution in [0.5, 0.6) is 0 Å². The predicted molar refractivity (Wildman–Crippen MR) is 118 cm³/mol. The first kappa shape index (κ1) is 23.2. The van der Waals surface area contributed by atoms with Crippen LogP contribution >= 0.6 is 0 Å². The fraction of sp³-hybridized carbons (Fsp3) is 0.762. The minimum absolute atomic E-state index is 0.0720. The highest BCUT2D eigenvalue weighted by Crippen LogP contribution is 2.19. The quantitative estimate of drug-likeness (QED) is 0.369. The van der Waals surface area contributed by atoms with E-state index in [0.717, 1.165) is 70.1 Å². The summed E-state index contributed by atoms with van der Waals surface area (Å²) in [5, 5.41) is 8.07. The molecule has 1 aliphatic rings. The number of unbranched alkanes of at least 4 members (excludes halogenated alkanes) is 1. The van der Waals surface area contributed by atoms with Crippen molar-refractivity contribution in [2.24, 2.45) is 23.7 Å². The molecule has 0 aliphatic carbocycles. The van der Waals surface area contributed by atoms with Gasteiger partial charge in [-0.25, -0.2) is 0 Å². The van der Waals surface area contributed by atoms with E-state index in [9.17, 15) is 4.79 Å². The highest BCUT2D eigenvalue weighted by Gasteiger charge is 2.22. The fourth-order valence-corrected chi connectivity index (χ4v) is 3.98. The maximum absolute atomic E-state index is 11.3. The number of carbonyl (C=O) groups is 1. The van der Waals surface area contributed by atoms with Gasteiger partial charge in [0, 0.05) is 51.9 Å². The molecule has 2 rings (SSSR count). The summed E-state index contributed by atoms with van der Waals surface area (Å²) in [5.41, 5.74) is 7.80. The van der Waals surface area contributed by atoms with Crippen molar-refractivity contribution in [1.29, 1.82) is 0 Å². The molecular weight excluding hydrogens is 366 g/mol. The van der Waals surface area contributed by atoms with Gasteiger partial charge in [-0.3, -0.25) is 14.5 Å². The SMILES string of the molecule is CN=C(NCCCCN1CCC(C(N)=O)CC1)N(C)Cc1cn(C)nc1C(C)C. The lowest BCUT2D eigenvalue weighted by molar-refractivity contribution is -0.123. The van der Waals surface area contributed by atoms with Gasteiger partial charge in [-0.2, -0.15) is 5.10 Å². The summed E-state index contributed by atoms with van der Waals surface area (Å²) in [6, 6.07) is 0. The molecule has 3 N–H and O–H groups in total. The third kappa shape index (κ3) is 7.03. The highest BCUT2D eigenvalue weighted by molar-refractivity contribution is 5.79. The van der Waals surface area contributed by atoms with Gasteiger partial charge in [0.25, 0.3) is 0 Å². The van der Waals surface area contributed by atoms with Gasteiger partial charge in [-0.05, 0) is 51.2 Å². The van der Waals surface area contributed by atoms with Crippen molar-refractivity contribution < 1.29 is 4.79 Å². The van der Waals surface area contributed by atoms with Crippen LogP contribution in [0, 0.1) is 5.92 Å². The molecule has 1 aromatic heterocycles. The molecule has 29 heavy (non-hydrogen) atoms. The first-order valence-electron chi connectivity index (χ1n) is 10.8. The number of guanidine groups is 1. The molecular formula is C21H39N7O. The van der Waals surface area contributed by atoms with E-state index in [1.807, 2.05) is 18.8 Å². The molecule has 0 bridgehead atoms. The van der Waals surface area contributed by atoms with Crippen molar-refractivity contribution in [1.82, 2.24) is 24.9 Å². The number of rotatable bonds is 9. The minimum atomic E-state index is -0.142. The van der Waals surface area contributed by atoms with E-state index < -0.39 is 0 Å². The number of aromatic nitrogens is 2. The second kappa shape index (κ2) is 11.2. The monoisotopic (exact) mass is 405 g/mol. The van der Waals surface area contributed by atoms with Crippen LogP contribution in [0.25, 0.3) is 0 Å². The lowest BCUT2D eigenvalue weighted by atomic mass is 9.96. The standard InChI is InChI=1S/C21H39N7O/c1-16(2)19-18(15-27(5)25-19)14-26(4)21(23-3)24-10-6-7-11-28-12-8-17(9-13-28)20(22)29/h15-17H,6-14H2,1-5H3,(H2,22,29)(H,23,24). The maximum Gasteiger partial charge on any atom is 0.220 e. The number of primary amides is 1. The van der Waals surface area contributed by atoms with Crippen molar-refractivity contribution in [3.8, 4) is 0 Å². The zero-order chi connectivity index (χ0) is 21.4. The van der Waals surface area contributed by atoms with Gasteiger partial charge in [0.1, 0.15) is 0 Å². The van der Waals surface area contributed by atoms with E-state index in [4.69, 9.17) is 5.73 Å². The average molecular weight is 406 g/mol. The average Bonchev–Trinajstić information content (AvgIpc) is 3.05. The van der Waals surface area contributed by atoms with E-state index in [-0.39, 0.29) is 11.8 Å². The lowest BCUT2D eigenvalue weighted by Crippen LogP contribution is -2.40. The molecule has 0 aromatic carbocycles. The summed E-state index contributed by atoms with van der Waals surface area (Å²) >= 11 is 0. The summed E-state index contributed by atoms with van der Waals surface area (Å²) in [6.07, 6.45) is 6.12. The molecule has 0 saturated carbocycles. The normalized spacial score (nSPS) is 16.4. The molecule has 0 radical (unpaired) electrons. The second-order valence-corrected chi connectivity index (χ2v) is 8.42. The van der Waals surface area contributed by atoms with Crippen LogP contribution in [0.15, 0.2) is 11.2 Å². The molecule has 1 aliphatic heterocycles. The third-order valence-electron chi connectivity index (χ3n) is 5.64. The molecule has 1 saturated heterocycles. The van der Waals surface area contributed by atoms with Gasteiger partial charge in [-0.1, -0.05) is 13.8 Å². The summed E-state index contributed by atoms with van der Waals surface area (Å²) in [5.74, 6) is 1.24. The molecule has 0 unspecified atom stereocenters. The van der Waals surface area contributed by atoms with Gasteiger partial charge < -0.3 is 20.9 Å². The van der Waals surface area contributed by atoms with Gasteiger partial charge in [0.15, 0.2) is 5.96 Å². The number of amides is 1. The lowest BCUT2D eigenvalue weighted by Gasteiger charge is -2.30. The van der Waals surface area contributed by atoms with Gasteiger partial charge in [0.2, 0.25) is 5.91 Å². The highest BCUT2D eigenvalue weighted by atomic mass is 16.1. The van der Waals surface area contributed by atoms with E-state index >= 15 is 0 Å². The Labute approximate surface area is 175 Å². The Hall–Kier alpha value is -2.09. The summed E-state index contributed by atoms with van der Waals surface area (Å²) in [4.78, 5) is 20.3. The Morgan fingerprint density at radius 2 is 2.07 bits per heavy atom. The maximum atomic E-state index is 11.3. The topological polar surface area (TPSA) is 91.8 Å². The van der Waals surface area contributed by atoms with Crippen LogP contribution in [0.3, 0.4) is 0 Å². The number of likely N-dealkylation sites (tertiary alicyclic amines) is 1. The van der Waals surface area contributed by atoms with Crippen molar-refractivity contribution in [3.05, 3.63) is 17.5 Å².